The van der Waals surface area contributed by atoms with E-state index in [4.69, 9.17) is 16.2 Å². The third-order valence-corrected chi connectivity index (χ3v) is 26.6. The fraction of sp³-hybridized carbons (Fsp3) is 0.697. The Kier molecular flexibility index (Phi) is 17.1. The average molecular weight is 1220 g/mol. The molecule has 5 saturated carbocycles. The third kappa shape index (κ3) is 10.3. The Hall–Kier alpha value is -4.40. The minimum atomic E-state index is -2.11. The lowest BCUT2D eigenvalue weighted by Gasteiger charge is -2.68. The van der Waals surface area contributed by atoms with Crippen LogP contribution in [0, 0.1) is 106 Å². The van der Waals surface area contributed by atoms with Crippen LogP contribution >= 0.6 is 21.6 Å². The standard InChI is InChI=1S/C66H89N5O13S2/c1-32-7-8-34-12-16-42-44(43(34)19-32)20-35(46-29-84-61(81)52(46)38-17-18-69-26-38)5-4-6-37-24-66(83)55-53(36-9-13-40(27-70-62(67)68)65(66,23-36)59(37)64(3,82)51(76)22-45(42)60(79)80)63(2)25-50(75)57(77)47-31-86-85-30-39(33-10-14-41(73)15-11-33)21-49(74)48(28-72)71-56(55)58(78)54(47)63/h10-12,14-15,17-18,26,32,35-37,39-40,42-48,50-54,57,59-60,69,71-73,75-77,79-80,82-83H,6-9,13,16,19-25,27-31H2,1-3H3,(H4,67,68,70). The highest BCUT2D eigenvalue weighted by atomic mass is 33.1. The number of rotatable bonds is 7. The van der Waals surface area contributed by atoms with Gasteiger partial charge in [0.1, 0.15) is 11.8 Å². The number of phenolic OH excluding ortho intramolecular Hbond substituents is 1. The van der Waals surface area contributed by atoms with E-state index in [9.17, 15) is 50.4 Å². The van der Waals surface area contributed by atoms with Crippen molar-refractivity contribution in [1.29, 1.82) is 0 Å². The molecule has 0 radical (unpaired) electrons. The van der Waals surface area contributed by atoms with Gasteiger partial charge in [0, 0.05) is 90.1 Å². The van der Waals surface area contributed by atoms with Crippen LogP contribution in [0.4, 0.5) is 0 Å². The van der Waals surface area contributed by atoms with Gasteiger partial charge < -0.3 is 72.5 Å². The number of ketones is 2. The molecular weight excluding hydrogens is 1130 g/mol. The van der Waals surface area contributed by atoms with E-state index in [1.807, 2.05) is 19.2 Å². The second-order valence-corrected chi connectivity index (χ2v) is 31.0. The lowest BCUT2D eigenvalue weighted by molar-refractivity contribution is -0.232. The Morgan fingerprint density at radius 1 is 0.895 bits per heavy atom. The van der Waals surface area contributed by atoms with Crippen molar-refractivity contribution in [1.82, 2.24) is 10.3 Å². The molecule has 86 heavy (non-hydrogen) atoms. The molecule has 24 unspecified atom stereocenters. The molecule has 10 aliphatic rings. The second kappa shape index (κ2) is 23.8. The highest BCUT2D eigenvalue weighted by Gasteiger charge is 2.79. The Morgan fingerprint density at radius 2 is 1.66 bits per heavy atom. The SMILES string of the molecule is CC1CCC2=CCC3C(C(O)O)CC(O)C(C)(O)C4C(CC#CC(C5COC(=O)C5c5cc[nH]c5)CC3C2C1)CC1(O)C2=C3NC(CO)C(=O)CC(c5ccc(O)cc5)CSSCC5C(O)C(O)CC(C)(C2C2CCC(CN=C(N)N)C41C2)C5C3=O. The van der Waals surface area contributed by atoms with Crippen molar-refractivity contribution in [2.24, 2.45) is 110 Å². The number of hydrogen-bond donors (Lipinski definition) is 13. The number of H-pyrrole nitrogens is 1. The van der Waals surface area contributed by atoms with Gasteiger partial charge >= 0.3 is 5.97 Å². The maximum absolute atomic E-state index is 16.4. The quantitative estimate of drug-likeness (QED) is 0.0337. The van der Waals surface area contributed by atoms with E-state index in [2.05, 4.69) is 40.1 Å². The van der Waals surface area contributed by atoms with Gasteiger partial charge in [0.05, 0.1) is 54.3 Å². The topological polar surface area (TPSA) is 335 Å². The molecule has 2 saturated heterocycles. The van der Waals surface area contributed by atoms with Crippen molar-refractivity contribution >= 4 is 45.1 Å². The van der Waals surface area contributed by atoms with Crippen LogP contribution in [0.3, 0.4) is 0 Å². The number of carbonyl (C=O) groups excluding carboxylic acids is 3. The number of aliphatic imine (C=N–C) groups is 1. The van der Waals surface area contributed by atoms with Gasteiger partial charge in [-0.1, -0.05) is 65.1 Å². The molecule has 2 aromatic rings. The summed E-state index contributed by atoms with van der Waals surface area (Å²) in [6.45, 7) is 5.23. The van der Waals surface area contributed by atoms with Crippen molar-refractivity contribution in [3.8, 4) is 17.6 Å². The van der Waals surface area contributed by atoms with Crippen LogP contribution in [-0.2, 0) is 19.1 Å². The molecular formula is C66H89N5O13S2. The molecule has 1 aromatic carbocycles. The number of cyclic esters (lactones) is 1. The number of ether oxygens (including phenoxy) is 1. The summed E-state index contributed by atoms with van der Waals surface area (Å²) in [6, 6.07) is 7.16. The van der Waals surface area contributed by atoms with Crippen LogP contribution in [0.25, 0.3) is 0 Å². The largest absolute Gasteiger partial charge is 0.508 e. The first-order valence-corrected chi connectivity index (χ1v) is 34.1. The Labute approximate surface area is 511 Å². The molecule has 7 fully saturated rings. The van der Waals surface area contributed by atoms with E-state index in [0.717, 1.165) is 30.4 Å². The smallest absolute Gasteiger partial charge is 0.313 e. The van der Waals surface area contributed by atoms with E-state index in [1.165, 1.54) is 27.2 Å². The van der Waals surface area contributed by atoms with Gasteiger partial charge in [0.25, 0.3) is 0 Å². The third-order valence-electron chi connectivity index (χ3n) is 24.0. The second-order valence-electron chi connectivity index (χ2n) is 28.5. The summed E-state index contributed by atoms with van der Waals surface area (Å²) in [5.74, 6) is -1.18. The lowest BCUT2D eigenvalue weighted by atomic mass is 9.37. The number of carbonyl (C=O) groups is 3. The summed E-state index contributed by atoms with van der Waals surface area (Å²) in [4.78, 5) is 53.1. The number of fused-ring (bicyclic) bond motifs is 10. The predicted molar refractivity (Wildman–Crippen MR) is 325 cm³/mol. The zero-order valence-corrected chi connectivity index (χ0v) is 51.2. The zero-order chi connectivity index (χ0) is 60.9. The summed E-state index contributed by atoms with van der Waals surface area (Å²) < 4.78 is 5.94. The Bertz CT molecular complexity index is 3050. The fourth-order valence-electron chi connectivity index (χ4n) is 20.4. The van der Waals surface area contributed by atoms with Gasteiger partial charge in [-0.05, 0) is 165 Å². The Balaban J connectivity index is 1.06. The molecule has 15 N–H and O–H groups in total. The summed E-state index contributed by atoms with van der Waals surface area (Å²) >= 11 is 0. The normalized spacial score (nSPS) is 45.1. The number of phenols is 1. The van der Waals surface area contributed by atoms with Gasteiger partial charge in [-0.2, -0.15) is 0 Å². The van der Waals surface area contributed by atoms with Crippen molar-refractivity contribution < 1.29 is 65.1 Å². The molecule has 18 nitrogen and oxygen atoms in total. The monoisotopic (exact) mass is 1220 g/mol. The zero-order valence-electron chi connectivity index (χ0n) is 49.5. The van der Waals surface area contributed by atoms with Crippen LogP contribution in [0.15, 0.2) is 70.6 Å². The summed E-state index contributed by atoms with van der Waals surface area (Å²) in [6.07, 6.45) is 4.58. The van der Waals surface area contributed by atoms with Gasteiger partial charge in [-0.3, -0.25) is 19.4 Å². The first-order valence-electron chi connectivity index (χ1n) is 31.6. The molecule has 2 aliphatic heterocycles. The Morgan fingerprint density at radius 3 is 2.38 bits per heavy atom. The summed E-state index contributed by atoms with van der Waals surface area (Å²) in [5.41, 5.74) is 8.82. The van der Waals surface area contributed by atoms with Crippen molar-refractivity contribution in [3.05, 3.63) is 76.8 Å². The van der Waals surface area contributed by atoms with E-state index in [-0.39, 0.29) is 110 Å². The number of aromatic nitrogens is 1. The summed E-state index contributed by atoms with van der Waals surface area (Å²) in [5, 5.41) is 115. The van der Waals surface area contributed by atoms with E-state index >= 15 is 9.90 Å². The number of hydrogen-bond acceptors (Lipinski definition) is 17. The number of aliphatic hydroxyl groups is 8. The minimum absolute atomic E-state index is 0.000205. The number of guanidine groups is 1. The highest BCUT2D eigenvalue weighted by Crippen LogP contribution is 2.77. The molecule has 468 valence electrons. The molecule has 20 heteroatoms. The van der Waals surface area contributed by atoms with Gasteiger partial charge in [0.15, 0.2) is 23.8 Å². The van der Waals surface area contributed by atoms with Crippen LogP contribution < -0.4 is 16.8 Å². The molecule has 3 heterocycles. The lowest BCUT2D eigenvalue weighted by Crippen LogP contribution is -2.71. The molecule has 1 aromatic heterocycles. The van der Waals surface area contributed by atoms with Gasteiger partial charge in [-0.25, -0.2) is 0 Å². The van der Waals surface area contributed by atoms with Crippen molar-refractivity contribution in [3.63, 3.8) is 0 Å². The number of benzene rings is 1. The first kappa shape index (κ1) is 61.8. The number of aromatic amines is 1. The maximum atomic E-state index is 16.4. The number of allylic oxidation sites excluding steroid dienone is 3. The first-order chi connectivity index (χ1) is 41.0. The molecule has 1 spiro atoms. The van der Waals surface area contributed by atoms with Crippen LogP contribution in [0.1, 0.15) is 127 Å². The molecule has 24 atom stereocenters. The number of esters is 1. The van der Waals surface area contributed by atoms with Crippen molar-refractivity contribution in [2.75, 3.05) is 31.3 Å². The van der Waals surface area contributed by atoms with Crippen molar-refractivity contribution in [2.45, 2.75) is 158 Å². The van der Waals surface area contributed by atoms with Crippen LogP contribution in [0.2, 0.25) is 0 Å². The number of aromatic hydroxyl groups is 1. The van der Waals surface area contributed by atoms with Crippen LogP contribution in [0.5, 0.6) is 5.75 Å². The summed E-state index contributed by atoms with van der Waals surface area (Å²) in [7, 11) is 2.95. The number of nitrogens with one attached hydrogen (secondary N) is 2. The minimum Gasteiger partial charge on any atom is -0.508 e. The highest BCUT2D eigenvalue weighted by molar-refractivity contribution is 8.76. The van der Waals surface area contributed by atoms with Gasteiger partial charge in [0.2, 0.25) is 0 Å². The van der Waals surface area contributed by atoms with E-state index in [1.54, 1.807) is 37.4 Å². The maximum Gasteiger partial charge on any atom is 0.313 e. The number of nitrogens with two attached hydrogens (primary N) is 2. The fourth-order valence-corrected chi connectivity index (χ4v) is 23.2. The molecule has 12 rings (SSSR count). The number of aliphatic hydroxyl groups excluding tert-OH is 5. The van der Waals surface area contributed by atoms with Crippen LogP contribution in [-0.4, -0.2) is 148 Å². The average Bonchev–Trinajstić information content (AvgIpc) is 1.31. The molecule has 0 amide bonds. The molecule has 8 aliphatic carbocycles. The molecule has 4 bridgehead atoms. The number of Topliss-reactive ketones (excluding diaryl/α,β-unsaturated/α-hetero) is 2. The van der Waals surface area contributed by atoms with Gasteiger partial charge in [-0.15, -0.1) is 5.92 Å². The van der Waals surface area contributed by atoms with E-state index < -0.39 is 130 Å². The number of nitrogens with zero attached hydrogens (tertiary/aromatic N) is 1. The van der Waals surface area contributed by atoms with E-state index in [0.29, 0.717) is 42.9 Å². The predicted octanol–water partition coefficient (Wildman–Crippen LogP) is 4.78.